The second-order valence-corrected chi connectivity index (χ2v) is 13.2. The molecule has 3 aliphatic rings. The van der Waals surface area contributed by atoms with E-state index in [9.17, 15) is 18.3 Å². The van der Waals surface area contributed by atoms with Crippen LogP contribution in [-0.2, 0) is 0 Å². The van der Waals surface area contributed by atoms with Gasteiger partial charge in [-0.25, -0.2) is 0 Å². The van der Waals surface area contributed by atoms with Gasteiger partial charge < -0.3 is 5.11 Å². The molecule has 0 saturated heterocycles. The third-order valence-electron chi connectivity index (χ3n) is 10.5. The summed E-state index contributed by atoms with van der Waals surface area (Å²) in [6.45, 7) is 10.7. The molecule has 0 heterocycles. The third-order valence-corrected chi connectivity index (χ3v) is 10.5. The van der Waals surface area contributed by atoms with Crippen molar-refractivity contribution in [1.29, 1.82) is 0 Å². The van der Waals surface area contributed by atoms with Gasteiger partial charge in [-0.05, 0) is 106 Å². The van der Waals surface area contributed by atoms with Crippen LogP contribution in [0, 0.1) is 40.4 Å². The van der Waals surface area contributed by atoms with Gasteiger partial charge in [-0.3, -0.25) is 0 Å². The first-order chi connectivity index (χ1) is 15.7. The molecule has 0 aromatic rings. The van der Waals surface area contributed by atoms with Gasteiger partial charge in [-0.1, -0.05) is 53.4 Å². The van der Waals surface area contributed by atoms with E-state index in [0.29, 0.717) is 23.7 Å². The highest BCUT2D eigenvalue weighted by Crippen LogP contribution is 2.60. The predicted octanol–water partition coefficient (Wildman–Crippen LogP) is 9.70. The second kappa shape index (κ2) is 12.3. The Bertz CT molecular complexity index is 621. The van der Waals surface area contributed by atoms with Crippen LogP contribution in [-0.4, -0.2) is 16.9 Å². The molecule has 3 fully saturated rings. The molecule has 3 rings (SSSR count). The van der Waals surface area contributed by atoms with Gasteiger partial charge in [-0.15, -0.1) is 23.3 Å². The van der Waals surface area contributed by atoms with Crippen LogP contribution in [0.15, 0.2) is 0 Å². The number of halogens is 3. The Hall–Kier alpha value is 0.450. The lowest BCUT2D eigenvalue weighted by Gasteiger charge is -2.57. The average Bonchev–Trinajstić information content (AvgIpc) is 2.75. The smallest absolute Gasteiger partial charge is 0.390 e. The van der Waals surface area contributed by atoms with Crippen LogP contribution in [0.1, 0.15) is 125 Å². The molecule has 7 atom stereocenters. The summed E-state index contributed by atoms with van der Waals surface area (Å²) in [5, 5.41) is 10.7. The maximum atomic E-state index is 12.9. The molecule has 0 aromatic heterocycles. The molecule has 1 N–H and O–H groups in total. The molecule has 202 valence electrons. The van der Waals surface area contributed by atoms with E-state index in [1.807, 2.05) is 6.92 Å². The van der Waals surface area contributed by atoms with E-state index in [1.165, 1.54) is 58.3 Å². The van der Waals surface area contributed by atoms with Crippen molar-refractivity contribution < 1.29 is 18.3 Å². The van der Waals surface area contributed by atoms with Crippen LogP contribution in [0.25, 0.3) is 0 Å². The summed E-state index contributed by atoms with van der Waals surface area (Å²) < 4.78 is 38.8. The van der Waals surface area contributed by atoms with Gasteiger partial charge in [0.25, 0.3) is 0 Å². The molecule has 3 aliphatic carbocycles. The lowest BCUT2D eigenvalue weighted by molar-refractivity contribution is -0.171. The zero-order chi connectivity index (χ0) is 25.8. The number of hydrogen-bond donors (Lipinski definition) is 3. The highest BCUT2D eigenvalue weighted by Gasteiger charge is 2.52. The average molecular weight is 525 g/mol. The molecule has 0 bridgehead atoms. The zero-order valence-electron chi connectivity index (χ0n) is 22.3. The number of thiol groups is 2. The Morgan fingerprint density at radius 1 is 0.912 bits per heavy atom. The van der Waals surface area contributed by atoms with Crippen molar-refractivity contribution in [3.8, 4) is 0 Å². The summed E-state index contributed by atoms with van der Waals surface area (Å²) in [5.41, 5.74) is 0.0375. The minimum Gasteiger partial charge on any atom is -0.390 e. The summed E-state index contributed by atoms with van der Waals surface area (Å²) in [5.74, 6) is 1.53. The van der Waals surface area contributed by atoms with Crippen molar-refractivity contribution >= 4 is 23.3 Å². The van der Waals surface area contributed by atoms with Crippen LogP contribution in [0.2, 0.25) is 0 Å². The van der Waals surface area contributed by atoms with E-state index in [0.717, 1.165) is 37.5 Å². The van der Waals surface area contributed by atoms with E-state index in [1.54, 1.807) is 0 Å². The number of fused-ring (bicyclic) bond motifs is 3. The van der Waals surface area contributed by atoms with Crippen molar-refractivity contribution in [2.45, 2.75) is 136 Å². The van der Waals surface area contributed by atoms with Crippen molar-refractivity contribution in [3.63, 3.8) is 0 Å². The molecular formula is C28H51F3OS2. The first-order valence-corrected chi connectivity index (χ1v) is 15.3. The largest absolute Gasteiger partial charge is 0.391 e. The van der Waals surface area contributed by atoms with Crippen LogP contribution < -0.4 is 0 Å². The molecule has 0 aliphatic heterocycles. The van der Waals surface area contributed by atoms with E-state index < -0.39 is 17.7 Å². The lowest BCUT2D eigenvalue weighted by atomic mass is 9.48. The number of alkyl halides is 3. The predicted molar refractivity (Wildman–Crippen MR) is 144 cm³/mol. The van der Waals surface area contributed by atoms with Crippen LogP contribution >= 0.6 is 23.3 Å². The van der Waals surface area contributed by atoms with Gasteiger partial charge in [-0.2, -0.15) is 13.2 Å². The maximum absolute atomic E-state index is 12.9. The Morgan fingerprint density at radius 3 is 2.21 bits per heavy atom. The normalized spacial score (nSPS) is 39.6. The van der Waals surface area contributed by atoms with Crippen LogP contribution in [0.5, 0.6) is 0 Å². The number of aliphatic hydroxyl groups is 1. The third kappa shape index (κ3) is 7.73. The molecule has 0 radical (unpaired) electrons. The van der Waals surface area contributed by atoms with E-state index in [-0.39, 0.29) is 11.8 Å². The van der Waals surface area contributed by atoms with E-state index in [2.05, 4.69) is 44.1 Å². The van der Waals surface area contributed by atoms with Gasteiger partial charge in [0.2, 0.25) is 0 Å². The SMILES string of the molecule is CC(CCCC1CCCCC2CCC3C[C@@](C)(O)CCC3(C)C2CCC1(C)C)C(F)(F)F.SS. The van der Waals surface area contributed by atoms with Gasteiger partial charge in [0.1, 0.15) is 0 Å². The Balaban J connectivity index is 0.00000199. The van der Waals surface area contributed by atoms with Gasteiger partial charge in [0.05, 0.1) is 11.5 Å². The van der Waals surface area contributed by atoms with Crippen molar-refractivity contribution in [1.82, 2.24) is 0 Å². The van der Waals surface area contributed by atoms with E-state index >= 15 is 0 Å². The Labute approximate surface area is 218 Å². The minimum absolute atomic E-state index is 0.187. The van der Waals surface area contributed by atoms with Crippen molar-refractivity contribution in [2.75, 3.05) is 0 Å². The number of rotatable bonds is 4. The summed E-state index contributed by atoms with van der Waals surface area (Å²) >= 11 is 6.44. The standard InChI is InChI=1S/C28H49F3O.H2S2/c1-20(28(29,30)31)9-8-12-22-11-7-6-10-21-13-14-23-19-26(4,32)17-18-27(23,5)24(21)15-16-25(22,2)3;1-2/h20-24,32H,6-19H2,1-5H3;1-2H/t20?,21?,22?,23?,24?,26-,27?;/m0./s1. The van der Waals surface area contributed by atoms with Gasteiger partial charge in [0, 0.05) is 0 Å². The molecule has 1 nitrogen and oxygen atoms in total. The summed E-state index contributed by atoms with van der Waals surface area (Å²) in [6.07, 6.45) is 10.9. The van der Waals surface area contributed by atoms with Gasteiger partial charge >= 0.3 is 6.18 Å². The van der Waals surface area contributed by atoms with Crippen LogP contribution in [0.4, 0.5) is 13.2 Å². The fourth-order valence-electron chi connectivity index (χ4n) is 7.88. The second-order valence-electron chi connectivity index (χ2n) is 13.2. The highest BCUT2D eigenvalue weighted by molar-refractivity contribution is 8.59. The Kier molecular flexibility index (Phi) is 11.1. The first kappa shape index (κ1) is 30.7. The molecule has 0 spiro atoms. The number of hydrogen-bond acceptors (Lipinski definition) is 3. The summed E-state index contributed by atoms with van der Waals surface area (Å²) in [4.78, 5) is 0. The van der Waals surface area contributed by atoms with Crippen molar-refractivity contribution in [2.24, 2.45) is 40.4 Å². The fraction of sp³-hybridized carbons (Fsp3) is 1.00. The van der Waals surface area contributed by atoms with Crippen LogP contribution in [0.3, 0.4) is 0 Å². The molecule has 6 heteroatoms. The molecule has 34 heavy (non-hydrogen) atoms. The molecule has 3 saturated carbocycles. The quantitative estimate of drug-likeness (QED) is 0.247. The molecule has 0 aromatic carbocycles. The van der Waals surface area contributed by atoms with E-state index in [4.69, 9.17) is 0 Å². The molecule has 6 unspecified atom stereocenters. The molecular weight excluding hydrogens is 473 g/mol. The first-order valence-electron chi connectivity index (χ1n) is 13.7. The monoisotopic (exact) mass is 524 g/mol. The van der Waals surface area contributed by atoms with Crippen molar-refractivity contribution in [3.05, 3.63) is 0 Å². The molecule has 0 amide bonds. The topological polar surface area (TPSA) is 20.2 Å². The maximum Gasteiger partial charge on any atom is 0.391 e. The summed E-state index contributed by atoms with van der Waals surface area (Å²) in [7, 11) is 0. The minimum atomic E-state index is -4.06. The fourth-order valence-corrected chi connectivity index (χ4v) is 7.88. The highest BCUT2D eigenvalue weighted by atomic mass is 33.1. The zero-order valence-corrected chi connectivity index (χ0v) is 24.1. The Morgan fingerprint density at radius 2 is 1.56 bits per heavy atom. The summed E-state index contributed by atoms with van der Waals surface area (Å²) in [6, 6.07) is 0. The van der Waals surface area contributed by atoms with Gasteiger partial charge in [0.15, 0.2) is 0 Å². The lowest BCUT2D eigenvalue weighted by Crippen LogP contribution is -2.51.